The molecule has 8 heteroatoms. The Balaban J connectivity index is 0.00000676. The number of carbonyl (C=O) groups excluding carboxylic acids is 1. The molecule has 27 heavy (non-hydrogen) atoms. The number of nitrogens with one attached hydrogen (secondary N) is 3. The van der Waals surface area contributed by atoms with E-state index in [0.29, 0.717) is 13.2 Å². The standard InChI is InChI=1S/C19H36N4O3.HI/c1-7-20-16(21-11-8-15-9-12-25-13-10-15)22-14-19(5,6)23-17(24)26-18(2,3)4;/h9H,7-8,10-14H2,1-6H3,(H,23,24)(H2,20,21,22);1H. The molecule has 0 unspecified atom stereocenters. The van der Waals surface area contributed by atoms with E-state index in [4.69, 9.17) is 9.47 Å². The van der Waals surface area contributed by atoms with Crippen molar-refractivity contribution in [3.05, 3.63) is 11.6 Å². The summed E-state index contributed by atoms with van der Waals surface area (Å²) in [7, 11) is 0. The van der Waals surface area contributed by atoms with E-state index in [1.807, 2.05) is 41.5 Å². The van der Waals surface area contributed by atoms with Gasteiger partial charge in [-0.15, -0.1) is 24.0 Å². The van der Waals surface area contributed by atoms with Gasteiger partial charge in [0.05, 0.1) is 25.3 Å². The Morgan fingerprint density at radius 1 is 1.26 bits per heavy atom. The molecule has 0 aromatic carbocycles. The number of halogens is 1. The molecule has 0 spiro atoms. The molecule has 0 saturated carbocycles. The van der Waals surface area contributed by atoms with E-state index < -0.39 is 17.2 Å². The van der Waals surface area contributed by atoms with Crippen LogP contribution in [0.1, 0.15) is 54.4 Å². The molecule has 0 aromatic heterocycles. The third-order valence-corrected chi connectivity index (χ3v) is 3.61. The first kappa shape index (κ1) is 26.0. The summed E-state index contributed by atoms with van der Waals surface area (Å²) in [6.45, 7) is 15.0. The molecule has 0 radical (unpaired) electrons. The first-order chi connectivity index (χ1) is 12.1. The molecule has 0 aliphatic carbocycles. The number of carbonyl (C=O) groups is 1. The van der Waals surface area contributed by atoms with Crippen molar-refractivity contribution >= 4 is 36.0 Å². The van der Waals surface area contributed by atoms with E-state index in [-0.39, 0.29) is 24.0 Å². The third kappa shape index (κ3) is 12.9. The van der Waals surface area contributed by atoms with Crippen LogP contribution in [0, 0.1) is 0 Å². The SMILES string of the molecule is CCNC(=NCC(C)(C)NC(=O)OC(C)(C)C)NCCC1=CCOCC1.I. The predicted molar refractivity (Wildman–Crippen MR) is 121 cm³/mol. The monoisotopic (exact) mass is 496 g/mol. The lowest BCUT2D eigenvalue weighted by Crippen LogP contribution is -2.49. The highest BCUT2D eigenvalue weighted by molar-refractivity contribution is 14.0. The van der Waals surface area contributed by atoms with Gasteiger partial charge < -0.3 is 25.4 Å². The zero-order valence-electron chi connectivity index (χ0n) is 17.6. The molecule has 7 nitrogen and oxygen atoms in total. The maximum atomic E-state index is 12.0. The van der Waals surface area contributed by atoms with Crippen LogP contribution in [0.15, 0.2) is 16.6 Å². The second kappa shape index (κ2) is 12.4. The van der Waals surface area contributed by atoms with Crippen molar-refractivity contribution in [1.29, 1.82) is 0 Å². The quantitative estimate of drug-likeness (QED) is 0.218. The number of hydrogen-bond acceptors (Lipinski definition) is 4. The van der Waals surface area contributed by atoms with Crippen molar-refractivity contribution in [2.24, 2.45) is 4.99 Å². The zero-order valence-corrected chi connectivity index (χ0v) is 19.9. The molecule has 1 amide bonds. The fourth-order valence-corrected chi connectivity index (χ4v) is 2.37. The van der Waals surface area contributed by atoms with Crippen molar-refractivity contribution < 1.29 is 14.3 Å². The fourth-order valence-electron chi connectivity index (χ4n) is 2.37. The van der Waals surface area contributed by atoms with E-state index in [0.717, 1.165) is 38.5 Å². The normalized spacial score (nSPS) is 15.3. The average Bonchev–Trinajstić information content (AvgIpc) is 2.51. The van der Waals surface area contributed by atoms with Crippen LogP contribution >= 0.6 is 24.0 Å². The zero-order chi connectivity index (χ0) is 19.6. The smallest absolute Gasteiger partial charge is 0.408 e. The Bertz CT molecular complexity index is 514. The molecule has 3 N–H and O–H groups in total. The lowest BCUT2D eigenvalue weighted by atomic mass is 10.1. The van der Waals surface area contributed by atoms with Gasteiger partial charge in [-0.05, 0) is 54.4 Å². The van der Waals surface area contributed by atoms with Crippen molar-refractivity contribution in [1.82, 2.24) is 16.0 Å². The summed E-state index contributed by atoms with van der Waals surface area (Å²) in [6.07, 6.45) is 3.71. The van der Waals surface area contributed by atoms with Gasteiger partial charge >= 0.3 is 6.09 Å². The minimum atomic E-state index is -0.515. The van der Waals surface area contributed by atoms with Crippen LogP contribution in [-0.4, -0.2) is 56.0 Å². The van der Waals surface area contributed by atoms with Crippen LogP contribution in [0.3, 0.4) is 0 Å². The minimum Gasteiger partial charge on any atom is -0.444 e. The summed E-state index contributed by atoms with van der Waals surface area (Å²) >= 11 is 0. The number of rotatable bonds is 7. The van der Waals surface area contributed by atoms with Crippen molar-refractivity contribution in [2.75, 3.05) is 32.8 Å². The van der Waals surface area contributed by atoms with E-state index in [1.54, 1.807) is 0 Å². The molecular formula is C19H37IN4O3. The molecule has 1 aliphatic rings. The summed E-state index contributed by atoms with van der Waals surface area (Å²) in [6, 6.07) is 0. The molecule has 0 atom stereocenters. The van der Waals surface area contributed by atoms with Crippen LogP contribution in [0.5, 0.6) is 0 Å². The highest BCUT2D eigenvalue weighted by atomic mass is 127. The summed E-state index contributed by atoms with van der Waals surface area (Å²) in [5.74, 6) is 0.749. The average molecular weight is 496 g/mol. The molecule has 0 fully saturated rings. The Morgan fingerprint density at radius 2 is 1.96 bits per heavy atom. The van der Waals surface area contributed by atoms with Gasteiger partial charge in [0.1, 0.15) is 5.60 Å². The van der Waals surface area contributed by atoms with Crippen molar-refractivity contribution in [3.8, 4) is 0 Å². The summed E-state index contributed by atoms with van der Waals surface area (Å²) < 4.78 is 10.6. The van der Waals surface area contributed by atoms with Gasteiger partial charge in [-0.2, -0.15) is 0 Å². The summed E-state index contributed by atoms with van der Waals surface area (Å²) in [5, 5.41) is 9.45. The number of alkyl carbamates (subject to hydrolysis) is 1. The third-order valence-electron chi connectivity index (χ3n) is 3.61. The van der Waals surface area contributed by atoms with E-state index in [2.05, 4.69) is 27.0 Å². The fraction of sp³-hybridized carbons (Fsp3) is 0.789. The summed E-state index contributed by atoms with van der Waals surface area (Å²) in [4.78, 5) is 16.6. The van der Waals surface area contributed by atoms with Gasteiger partial charge in [-0.1, -0.05) is 11.6 Å². The Hall–Kier alpha value is -1.03. The minimum absolute atomic E-state index is 0. The Labute approximate surface area is 181 Å². The van der Waals surface area contributed by atoms with Gasteiger partial charge in [-0.25, -0.2) is 4.79 Å². The highest BCUT2D eigenvalue weighted by Gasteiger charge is 2.24. The van der Waals surface area contributed by atoms with E-state index in [9.17, 15) is 4.79 Å². The molecular weight excluding hydrogens is 459 g/mol. The van der Waals surface area contributed by atoms with Crippen LogP contribution in [0.2, 0.25) is 0 Å². The molecule has 0 aromatic rings. The maximum Gasteiger partial charge on any atom is 0.408 e. The first-order valence-corrected chi connectivity index (χ1v) is 9.40. The van der Waals surface area contributed by atoms with Gasteiger partial charge in [0.2, 0.25) is 0 Å². The van der Waals surface area contributed by atoms with Crippen LogP contribution in [0.4, 0.5) is 4.79 Å². The lowest BCUT2D eigenvalue weighted by Gasteiger charge is -2.27. The van der Waals surface area contributed by atoms with Crippen LogP contribution in [-0.2, 0) is 9.47 Å². The van der Waals surface area contributed by atoms with Crippen LogP contribution < -0.4 is 16.0 Å². The molecule has 1 rings (SSSR count). The second-order valence-corrected chi connectivity index (χ2v) is 8.07. The Morgan fingerprint density at radius 3 is 2.52 bits per heavy atom. The predicted octanol–water partition coefficient (Wildman–Crippen LogP) is 3.20. The van der Waals surface area contributed by atoms with Gasteiger partial charge in [0.25, 0.3) is 0 Å². The number of hydrogen-bond donors (Lipinski definition) is 3. The molecule has 0 bridgehead atoms. The lowest BCUT2D eigenvalue weighted by molar-refractivity contribution is 0.0476. The first-order valence-electron chi connectivity index (χ1n) is 9.40. The largest absolute Gasteiger partial charge is 0.444 e. The molecule has 0 saturated heterocycles. The number of ether oxygens (including phenoxy) is 2. The van der Waals surface area contributed by atoms with E-state index in [1.165, 1.54) is 5.57 Å². The molecule has 1 aliphatic heterocycles. The number of nitrogens with zero attached hydrogens (tertiary/aromatic N) is 1. The highest BCUT2D eigenvalue weighted by Crippen LogP contribution is 2.11. The number of aliphatic imine (C=N–C) groups is 1. The molecule has 1 heterocycles. The number of amides is 1. The maximum absolute atomic E-state index is 12.0. The van der Waals surface area contributed by atoms with Gasteiger partial charge in [0, 0.05) is 13.1 Å². The van der Waals surface area contributed by atoms with Crippen molar-refractivity contribution in [3.63, 3.8) is 0 Å². The second-order valence-electron chi connectivity index (χ2n) is 8.07. The topological polar surface area (TPSA) is 84.0 Å². The number of guanidine groups is 1. The van der Waals surface area contributed by atoms with Gasteiger partial charge in [0.15, 0.2) is 5.96 Å². The van der Waals surface area contributed by atoms with Crippen molar-refractivity contribution in [2.45, 2.75) is 65.5 Å². The van der Waals surface area contributed by atoms with Gasteiger partial charge in [-0.3, -0.25) is 4.99 Å². The Kier molecular flexibility index (Phi) is 12.0. The molecule has 158 valence electrons. The summed E-state index contributed by atoms with van der Waals surface area (Å²) in [5.41, 5.74) is 0.402. The van der Waals surface area contributed by atoms with Crippen LogP contribution in [0.25, 0.3) is 0 Å². The van der Waals surface area contributed by atoms with E-state index >= 15 is 0 Å².